The summed E-state index contributed by atoms with van der Waals surface area (Å²) in [6.07, 6.45) is 2.49. The van der Waals surface area contributed by atoms with E-state index in [0.717, 1.165) is 16.4 Å². The molecule has 0 spiro atoms. The van der Waals surface area contributed by atoms with Crippen LogP contribution in [-0.2, 0) is 4.79 Å². The van der Waals surface area contributed by atoms with Crippen molar-refractivity contribution in [3.8, 4) is 0 Å². The smallest absolute Gasteiger partial charge is 0.303 e. The van der Waals surface area contributed by atoms with Crippen molar-refractivity contribution in [2.75, 3.05) is 6.54 Å². The second kappa shape index (κ2) is 8.07. The van der Waals surface area contributed by atoms with E-state index < -0.39 is 5.97 Å². The summed E-state index contributed by atoms with van der Waals surface area (Å²) in [5.41, 5.74) is 0.684. The zero-order valence-electron chi connectivity index (χ0n) is 9.99. The lowest BCUT2D eigenvalue weighted by atomic mass is 10.2. The van der Waals surface area contributed by atoms with Gasteiger partial charge in [0.25, 0.3) is 5.91 Å². The number of carboxylic acid groups (broad SMARTS) is 1. The topological polar surface area (TPSA) is 66.4 Å². The van der Waals surface area contributed by atoms with E-state index in [1.54, 1.807) is 6.07 Å². The molecule has 2 N–H and O–H groups in total. The maximum Gasteiger partial charge on any atom is 0.303 e. The molecule has 0 saturated carbocycles. The number of amides is 1. The van der Waals surface area contributed by atoms with Crippen LogP contribution >= 0.6 is 22.6 Å². The molecule has 0 aliphatic heterocycles. The fourth-order valence-electron chi connectivity index (χ4n) is 1.52. The Morgan fingerprint density at radius 3 is 2.56 bits per heavy atom. The Balaban J connectivity index is 2.22. The van der Waals surface area contributed by atoms with Gasteiger partial charge in [0.1, 0.15) is 0 Å². The standard InChI is InChI=1S/C13H16INO3/c14-11-7-4-3-6-10(11)13(18)15-9-5-1-2-8-12(16)17/h3-4,6-7H,1-2,5,8-9H2,(H,15,18)(H,16,17). The van der Waals surface area contributed by atoms with E-state index in [4.69, 9.17) is 5.11 Å². The Labute approximate surface area is 120 Å². The molecule has 1 aromatic rings. The van der Waals surface area contributed by atoms with Crippen molar-refractivity contribution in [3.63, 3.8) is 0 Å². The molecule has 0 radical (unpaired) electrons. The number of aliphatic carboxylic acids is 1. The summed E-state index contributed by atoms with van der Waals surface area (Å²) >= 11 is 2.13. The third kappa shape index (κ3) is 5.48. The van der Waals surface area contributed by atoms with Gasteiger partial charge in [0, 0.05) is 16.5 Å². The summed E-state index contributed by atoms with van der Waals surface area (Å²) in [5.74, 6) is -0.837. The normalized spacial score (nSPS) is 10.1. The van der Waals surface area contributed by atoms with Crippen molar-refractivity contribution in [2.45, 2.75) is 25.7 Å². The molecule has 1 rings (SSSR count). The number of carboxylic acids is 1. The van der Waals surface area contributed by atoms with Gasteiger partial charge in [-0.1, -0.05) is 18.6 Å². The van der Waals surface area contributed by atoms with Gasteiger partial charge in [-0.3, -0.25) is 9.59 Å². The van der Waals surface area contributed by atoms with Gasteiger partial charge in [-0.2, -0.15) is 0 Å². The Kier molecular flexibility index (Phi) is 6.70. The second-order valence-corrected chi connectivity index (χ2v) is 5.10. The highest BCUT2D eigenvalue weighted by molar-refractivity contribution is 14.1. The highest BCUT2D eigenvalue weighted by Gasteiger charge is 2.07. The fourth-order valence-corrected chi connectivity index (χ4v) is 2.15. The lowest BCUT2D eigenvalue weighted by Gasteiger charge is -2.06. The van der Waals surface area contributed by atoms with E-state index in [9.17, 15) is 9.59 Å². The molecule has 0 aliphatic carbocycles. The number of carbonyl (C=O) groups is 2. The minimum absolute atomic E-state index is 0.0711. The predicted molar refractivity (Wildman–Crippen MR) is 77.6 cm³/mol. The first kappa shape index (κ1) is 14.9. The van der Waals surface area contributed by atoms with Gasteiger partial charge in [-0.15, -0.1) is 0 Å². The zero-order chi connectivity index (χ0) is 13.4. The number of hydrogen-bond donors (Lipinski definition) is 2. The summed E-state index contributed by atoms with van der Waals surface area (Å²) in [6, 6.07) is 7.41. The van der Waals surface area contributed by atoms with Crippen molar-refractivity contribution in [2.24, 2.45) is 0 Å². The Morgan fingerprint density at radius 1 is 1.17 bits per heavy atom. The summed E-state index contributed by atoms with van der Waals surface area (Å²) in [5, 5.41) is 11.3. The van der Waals surface area contributed by atoms with Gasteiger partial charge < -0.3 is 10.4 Å². The second-order valence-electron chi connectivity index (χ2n) is 3.94. The van der Waals surface area contributed by atoms with Crippen LogP contribution in [0.15, 0.2) is 24.3 Å². The number of hydrogen-bond acceptors (Lipinski definition) is 2. The first-order valence-corrected chi connectivity index (χ1v) is 6.93. The van der Waals surface area contributed by atoms with Crippen LogP contribution in [0.2, 0.25) is 0 Å². The van der Waals surface area contributed by atoms with Gasteiger partial charge >= 0.3 is 5.97 Å². The van der Waals surface area contributed by atoms with Gasteiger partial charge in [-0.05, 0) is 47.6 Å². The average Bonchev–Trinajstić information content (AvgIpc) is 2.33. The zero-order valence-corrected chi connectivity index (χ0v) is 12.1. The molecule has 5 heteroatoms. The largest absolute Gasteiger partial charge is 0.481 e. The average molecular weight is 361 g/mol. The number of carbonyl (C=O) groups excluding carboxylic acids is 1. The monoisotopic (exact) mass is 361 g/mol. The fraction of sp³-hybridized carbons (Fsp3) is 0.385. The number of halogens is 1. The van der Waals surface area contributed by atoms with E-state index in [1.165, 1.54) is 0 Å². The quantitative estimate of drug-likeness (QED) is 0.580. The van der Waals surface area contributed by atoms with Crippen LogP contribution in [0.3, 0.4) is 0 Å². The molecule has 0 aliphatic rings. The summed E-state index contributed by atoms with van der Waals surface area (Å²) < 4.78 is 0.929. The van der Waals surface area contributed by atoms with Crippen LogP contribution in [0.1, 0.15) is 36.0 Å². The van der Waals surface area contributed by atoms with Crippen LogP contribution in [0.25, 0.3) is 0 Å². The Morgan fingerprint density at radius 2 is 1.89 bits per heavy atom. The van der Waals surface area contributed by atoms with Crippen molar-refractivity contribution >= 4 is 34.5 Å². The summed E-state index contributed by atoms with van der Waals surface area (Å²) in [4.78, 5) is 22.1. The SMILES string of the molecule is O=C(O)CCCCCNC(=O)c1ccccc1I. The summed E-state index contributed by atoms with van der Waals surface area (Å²) in [7, 11) is 0. The van der Waals surface area contributed by atoms with Gasteiger partial charge in [-0.25, -0.2) is 0 Å². The van der Waals surface area contributed by atoms with Crippen LogP contribution in [0.5, 0.6) is 0 Å². The number of rotatable bonds is 7. The number of unbranched alkanes of at least 4 members (excludes halogenated alkanes) is 2. The molecular weight excluding hydrogens is 345 g/mol. The van der Waals surface area contributed by atoms with Crippen LogP contribution in [-0.4, -0.2) is 23.5 Å². The lowest BCUT2D eigenvalue weighted by molar-refractivity contribution is -0.137. The Bertz CT molecular complexity index is 420. The van der Waals surface area contributed by atoms with E-state index in [-0.39, 0.29) is 12.3 Å². The van der Waals surface area contributed by atoms with Crippen molar-refractivity contribution < 1.29 is 14.7 Å². The maximum atomic E-state index is 11.8. The first-order valence-electron chi connectivity index (χ1n) is 5.86. The molecule has 98 valence electrons. The highest BCUT2D eigenvalue weighted by Crippen LogP contribution is 2.11. The third-order valence-corrected chi connectivity index (χ3v) is 3.41. The van der Waals surface area contributed by atoms with Gasteiger partial charge in [0.05, 0.1) is 5.56 Å². The van der Waals surface area contributed by atoms with Crippen LogP contribution in [0.4, 0.5) is 0 Å². The van der Waals surface area contributed by atoms with E-state index in [0.29, 0.717) is 18.5 Å². The molecule has 0 heterocycles. The molecule has 4 nitrogen and oxygen atoms in total. The molecule has 1 amide bonds. The van der Waals surface area contributed by atoms with Crippen molar-refractivity contribution in [1.82, 2.24) is 5.32 Å². The third-order valence-electron chi connectivity index (χ3n) is 2.47. The van der Waals surface area contributed by atoms with Gasteiger partial charge in [0.15, 0.2) is 0 Å². The molecule has 0 unspecified atom stereocenters. The number of benzene rings is 1. The van der Waals surface area contributed by atoms with Crippen molar-refractivity contribution in [3.05, 3.63) is 33.4 Å². The molecule has 0 bridgehead atoms. The highest BCUT2D eigenvalue weighted by atomic mass is 127. The van der Waals surface area contributed by atoms with Crippen LogP contribution < -0.4 is 5.32 Å². The van der Waals surface area contributed by atoms with E-state index >= 15 is 0 Å². The molecule has 0 aromatic heterocycles. The molecule has 18 heavy (non-hydrogen) atoms. The molecule has 0 atom stereocenters. The first-order chi connectivity index (χ1) is 8.61. The minimum Gasteiger partial charge on any atom is -0.481 e. The lowest BCUT2D eigenvalue weighted by Crippen LogP contribution is -2.25. The number of nitrogens with one attached hydrogen (secondary N) is 1. The Hall–Kier alpha value is -1.11. The predicted octanol–water partition coefficient (Wildman–Crippen LogP) is 2.67. The summed E-state index contributed by atoms with van der Waals surface area (Å²) in [6.45, 7) is 0.587. The molecule has 1 aromatic carbocycles. The van der Waals surface area contributed by atoms with E-state index in [1.807, 2.05) is 18.2 Å². The molecule has 0 saturated heterocycles. The van der Waals surface area contributed by atoms with Crippen molar-refractivity contribution in [1.29, 1.82) is 0 Å². The molecular formula is C13H16INO3. The van der Waals surface area contributed by atoms with E-state index in [2.05, 4.69) is 27.9 Å². The van der Waals surface area contributed by atoms with Gasteiger partial charge in [0.2, 0.25) is 0 Å². The molecule has 0 fully saturated rings. The van der Waals surface area contributed by atoms with Crippen LogP contribution in [0, 0.1) is 3.57 Å². The minimum atomic E-state index is -0.766. The maximum absolute atomic E-state index is 11.8.